The first kappa shape index (κ1) is 15.8. The lowest BCUT2D eigenvalue weighted by atomic mass is 10.0. The third-order valence-electron chi connectivity index (χ3n) is 8.54. The summed E-state index contributed by atoms with van der Waals surface area (Å²) in [6, 6.07) is 0.353. The first-order valence-electron chi connectivity index (χ1n) is 24.9. The molecule has 6 heteroatoms. The van der Waals surface area contributed by atoms with Crippen molar-refractivity contribution >= 4 is 84.8 Å². The SMILES string of the molecule is [2H]c1c([2H])c([2H])c(-c2c([2H])c([2H])c(-c3nc(-c4cccc5c4sc4ccccc45)nc(-n4c5c([2H])c([2H])c([2H])c([2H])c5c5c6sc7c([2H])c([2H])c([2H])c([2H])c7c6c([2H])c([2H])c54)n3)c([2H])c2[2H])c([2H])c1[2H]. The minimum absolute atomic E-state index is 0.0154. The molecule has 11 rings (SSSR count). The van der Waals surface area contributed by atoms with Crippen molar-refractivity contribution in [1.82, 2.24) is 19.5 Å². The molecule has 0 spiro atoms. The van der Waals surface area contributed by atoms with Gasteiger partial charge in [0.2, 0.25) is 5.95 Å². The van der Waals surface area contributed by atoms with Gasteiger partial charge in [0.05, 0.1) is 37.1 Å². The first-order valence-corrected chi connectivity index (χ1v) is 17.0. The van der Waals surface area contributed by atoms with Crippen molar-refractivity contribution in [1.29, 1.82) is 0 Å². The van der Waals surface area contributed by atoms with Crippen molar-refractivity contribution in [2.75, 3.05) is 0 Å². The third-order valence-corrected chi connectivity index (χ3v) is 10.9. The van der Waals surface area contributed by atoms with E-state index in [1.807, 2.05) is 30.3 Å². The summed E-state index contributed by atoms with van der Waals surface area (Å²) in [4.78, 5) is 14.4. The van der Waals surface area contributed by atoms with E-state index >= 15 is 0 Å². The molecule has 0 fully saturated rings. The maximum Gasteiger partial charge on any atom is 0.238 e. The zero-order valence-corrected chi connectivity index (χ0v) is 27.3. The molecule has 0 radical (unpaired) electrons. The molecule has 0 bridgehead atoms. The number of benzene rings is 7. The molecule has 7 aromatic carbocycles. The molecular weight excluding hydrogens is 661 g/mol. The molecule has 4 aromatic heterocycles. The summed E-state index contributed by atoms with van der Waals surface area (Å²) in [7, 11) is 0. The molecule has 0 aliphatic rings. The Morgan fingerprint density at radius 3 is 2.06 bits per heavy atom. The molecular formula is C45H26N4S2. The Morgan fingerprint density at radius 2 is 1.16 bits per heavy atom. The fraction of sp³-hybridized carbons (Fsp3) is 0. The number of thiophene rings is 2. The Bertz CT molecular complexity index is 4200. The standard InChI is InChI=1S/C45H26N4S2/c1-2-11-27(12-3-1)28-21-23-29(24-22-28)43-46-44(35-17-10-16-32-30-13-5-8-19-38(30)50-41(32)35)48-45(47-43)49-36-18-7-4-15-34(36)40-37(49)26-25-33-31-14-6-9-20-39(31)51-42(33)40/h1-26H/i1D,2D,3D,4D,6D,7D,9D,11D,12D,14D,15D,18D,20D,21D,22D,23D,24D,25D,26D. The second-order valence-electron chi connectivity index (χ2n) is 11.4. The van der Waals surface area contributed by atoms with Gasteiger partial charge in [0, 0.05) is 62.2 Å². The lowest BCUT2D eigenvalue weighted by Crippen LogP contribution is -2.06. The van der Waals surface area contributed by atoms with Crippen LogP contribution in [0.25, 0.3) is 102 Å². The van der Waals surface area contributed by atoms with Crippen molar-refractivity contribution in [2.24, 2.45) is 0 Å². The summed E-state index contributed by atoms with van der Waals surface area (Å²) in [5.41, 5.74) is -1.80. The van der Waals surface area contributed by atoms with E-state index < -0.39 is 143 Å². The maximum absolute atomic E-state index is 9.63. The predicted molar refractivity (Wildman–Crippen MR) is 216 cm³/mol. The highest BCUT2D eigenvalue weighted by atomic mass is 32.1. The van der Waals surface area contributed by atoms with E-state index in [2.05, 4.69) is 0 Å². The third kappa shape index (κ3) is 4.40. The quantitative estimate of drug-likeness (QED) is 0.183. The minimum Gasteiger partial charge on any atom is -0.278 e. The van der Waals surface area contributed by atoms with Crippen LogP contribution < -0.4 is 0 Å². The number of para-hydroxylation sites is 1. The maximum atomic E-state index is 9.63. The molecule has 4 heterocycles. The number of fused-ring (bicyclic) bond motifs is 10. The fourth-order valence-corrected chi connectivity index (χ4v) is 8.65. The van der Waals surface area contributed by atoms with Crippen molar-refractivity contribution in [3.05, 3.63) is 157 Å². The Balaban J connectivity index is 1.32. The van der Waals surface area contributed by atoms with Gasteiger partial charge in [0.15, 0.2) is 11.6 Å². The van der Waals surface area contributed by atoms with Crippen LogP contribution in [0.15, 0.2) is 157 Å². The summed E-state index contributed by atoms with van der Waals surface area (Å²) in [6.07, 6.45) is 0. The Hall–Kier alpha value is -6.21. The molecule has 51 heavy (non-hydrogen) atoms. The van der Waals surface area contributed by atoms with E-state index in [1.165, 1.54) is 11.3 Å². The van der Waals surface area contributed by atoms with Crippen LogP contribution in [0.1, 0.15) is 26.0 Å². The van der Waals surface area contributed by atoms with Gasteiger partial charge in [-0.3, -0.25) is 4.57 Å². The van der Waals surface area contributed by atoms with E-state index in [9.17, 15) is 11.0 Å². The van der Waals surface area contributed by atoms with Crippen LogP contribution in [0.2, 0.25) is 0 Å². The van der Waals surface area contributed by atoms with Gasteiger partial charge in [0.1, 0.15) is 0 Å². The highest BCUT2D eigenvalue weighted by Crippen LogP contribution is 2.44. The first-order chi connectivity index (χ1) is 33.2. The summed E-state index contributed by atoms with van der Waals surface area (Å²) < 4.78 is 171. The lowest BCUT2D eigenvalue weighted by molar-refractivity contribution is 0.955. The number of hydrogen-bond acceptors (Lipinski definition) is 5. The summed E-state index contributed by atoms with van der Waals surface area (Å²) >= 11 is 2.25. The lowest BCUT2D eigenvalue weighted by Gasteiger charge is -2.12. The van der Waals surface area contributed by atoms with Crippen LogP contribution in [-0.2, 0) is 0 Å². The molecule has 0 unspecified atom stereocenters. The van der Waals surface area contributed by atoms with Gasteiger partial charge in [-0.2, -0.15) is 9.97 Å². The van der Waals surface area contributed by atoms with Crippen molar-refractivity contribution in [2.45, 2.75) is 0 Å². The number of aromatic nitrogens is 4. The zero-order valence-electron chi connectivity index (χ0n) is 44.6. The number of rotatable bonds is 4. The molecule has 0 saturated carbocycles. The summed E-state index contributed by atoms with van der Waals surface area (Å²) in [5.74, 6) is -1.07. The normalized spacial score (nSPS) is 17.1. The molecule has 0 atom stereocenters. The van der Waals surface area contributed by atoms with Gasteiger partial charge >= 0.3 is 0 Å². The van der Waals surface area contributed by atoms with Gasteiger partial charge in [-0.25, -0.2) is 4.98 Å². The van der Waals surface area contributed by atoms with Crippen molar-refractivity contribution < 1.29 is 26.0 Å². The minimum atomic E-state index is -0.802. The smallest absolute Gasteiger partial charge is 0.238 e. The van der Waals surface area contributed by atoms with Gasteiger partial charge < -0.3 is 0 Å². The monoisotopic (exact) mass is 705 g/mol. The molecule has 4 nitrogen and oxygen atoms in total. The molecule has 238 valence electrons. The van der Waals surface area contributed by atoms with Crippen molar-refractivity contribution in [3.8, 4) is 39.9 Å². The molecule has 0 N–H and O–H groups in total. The highest BCUT2D eigenvalue weighted by molar-refractivity contribution is 7.27. The van der Waals surface area contributed by atoms with Crippen LogP contribution in [0, 0.1) is 0 Å². The molecule has 0 saturated heterocycles. The van der Waals surface area contributed by atoms with E-state index in [0.29, 0.717) is 10.3 Å². The average molecular weight is 706 g/mol. The van der Waals surface area contributed by atoms with Gasteiger partial charge in [0.25, 0.3) is 0 Å². The number of nitrogens with zero attached hydrogens (tertiary/aromatic N) is 4. The van der Waals surface area contributed by atoms with Crippen LogP contribution in [-0.4, -0.2) is 19.5 Å². The predicted octanol–water partition coefficient (Wildman–Crippen LogP) is 12.7. The Morgan fingerprint density at radius 1 is 0.451 bits per heavy atom. The van der Waals surface area contributed by atoms with E-state index in [4.69, 9.17) is 30.0 Å². The molecule has 0 aliphatic carbocycles. The second kappa shape index (κ2) is 11.2. The Kier molecular flexibility index (Phi) is 3.45. The highest BCUT2D eigenvalue weighted by Gasteiger charge is 2.21. The fourth-order valence-electron chi connectivity index (χ4n) is 6.32. The van der Waals surface area contributed by atoms with Crippen LogP contribution >= 0.6 is 22.7 Å². The van der Waals surface area contributed by atoms with E-state index in [1.54, 1.807) is 12.1 Å². The van der Waals surface area contributed by atoms with E-state index in [-0.39, 0.29) is 47.8 Å². The van der Waals surface area contributed by atoms with Crippen LogP contribution in [0.4, 0.5) is 0 Å². The molecule has 0 aliphatic heterocycles. The van der Waals surface area contributed by atoms with Crippen molar-refractivity contribution in [3.63, 3.8) is 0 Å². The largest absolute Gasteiger partial charge is 0.278 e. The van der Waals surface area contributed by atoms with E-state index in [0.717, 1.165) is 31.4 Å². The van der Waals surface area contributed by atoms with Gasteiger partial charge in [-0.1, -0.05) is 127 Å². The molecule has 11 aromatic rings. The average Bonchev–Trinajstić information content (AvgIpc) is 4.06. The second-order valence-corrected chi connectivity index (χ2v) is 13.4. The zero-order chi connectivity index (χ0) is 50.0. The van der Waals surface area contributed by atoms with Gasteiger partial charge in [-0.05, 0) is 41.4 Å². The van der Waals surface area contributed by atoms with Crippen LogP contribution in [0.5, 0.6) is 0 Å². The Labute approximate surface area is 327 Å². The molecule has 0 amide bonds. The van der Waals surface area contributed by atoms with Crippen LogP contribution in [0.3, 0.4) is 0 Å². The summed E-state index contributed by atoms with van der Waals surface area (Å²) in [6.45, 7) is 0. The topological polar surface area (TPSA) is 43.6 Å². The summed E-state index contributed by atoms with van der Waals surface area (Å²) in [5, 5.41) is 1.42. The number of hydrogen-bond donors (Lipinski definition) is 0. The van der Waals surface area contributed by atoms with Gasteiger partial charge in [-0.15, -0.1) is 22.7 Å².